The molecule has 0 aliphatic rings. The SMILES string of the molecule is CCOC(=O)c1cnc(-c2ccc3[nH]cc(Cl)c3c2)s1. The van der Waals surface area contributed by atoms with Crippen molar-refractivity contribution in [2.45, 2.75) is 6.92 Å². The Morgan fingerprint density at radius 3 is 3.15 bits per heavy atom. The van der Waals surface area contributed by atoms with Gasteiger partial charge in [-0.2, -0.15) is 0 Å². The molecular formula is C14H11ClN2O2S. The number of halogens is 1. The summed E-state index contributed by atoms with van der Waals surface area (Å²) in [6.45, 7) is 2.14. The molecule has 0 saturated heterocycles. The number of thiazole rings is 1. The van der Waals surface area contributed by atoms with Crippen LogP contribution in [0, 0.1) is 0 Å². The number of rotatable bonds is 3. The van der Waals surface area contributed by atoms with Crippen molar-refractivity contribution in [3.8, 4) is 10.6 Å². The quantitative estimate of drug-likeness (QED) is 0.740. The molecule has 0 saturated carbocycles. The van der Waals surface area contributed by atoms with Gasteiger partial charge in [0.2, 0.25) is 0 Å². The molecule has 3 aromatic rings. The van der Waals surface area contributed by atoms with E-state index in [2.05, 4.69) is 9.97 Å². The highest BCUT2D eigenvalue weighted by molar-refractivity contribution is 7.16. The Kier molecular flexibility index (Phi) is 3.46. The van der Waals surface area contributed by atoms with Crippen LogP contribution in [0.15, 0.2) is 30.6 Å². The van der Waals surface area contributed by atoms with Gasteiger partial charge in [-0.25, -0.2) is 9.78 Å². The number of benzene rings is 1. The molecule has 0 atom stereocenters. The van der Waals surface area contributed by atoms with E-state index in [1.165, 1.54) is 11.3 Å². The molecule has 4 nitrogen and oxygen atoms in total. The summed E-state index contributed by atoms with van der Waals surface area (Å²) < 4.78 is 4.96. The Bertz CT molecular complexity index is 778. The smallest absolute Gasteiger partial charge is 0.349 e. The molecule has 2 aromatic heterocycles. The maximum Gasteiger partial charge on any atom is 0.349 e. The fourth-order valence-electron chi connectivity index (χ4n) is 1.92. The monoisotopic (exact) mass is 306 g/mol. The molecule has 102 valence electrons. The van der Waals surface area contributed by atoms with Crippen molar-refractivity contribution in [3.63, 3.8) is 0 Å². The first-order valence-electron chi connectivity index (χ1n) is 6.09. The van der Waals surface area contributed by atoms with E-state index in [0.29, 0.717) is 16.5 Å². The van der Waals surface area contributed by atoms with E-state index in [1.807, 2.05) is 18.2 Å². The average Bonchev–Trinajstić information content (AvgIpc) is 3.06. The number of ether oxygens (including phenoxy) is 1. The van der Waals surface area contributed by atoms with Gasteiger partial charge in [0.05, 0.1) is 17.8 Å². The van der Waals surface area contributed by atoms with Gasteiger partial charge < -0.3 is 9.72 Å². The lowest BCUT2D eigenvalue weighted by atomic mass is 10.2. The van der Waals surface area contributed by atoms with Crippen LogP contribution in [0.1, 0.15) is 16.6 Å². The molecular weight excluding hydrogens is 296 g/mol. The fourth-order valence-corrected chi connectivity index (χ4v) is 2.94. The number of fused-ring (bicyclic) bond motifs is 1. The predicted molar refractivity (Wildman–Crippen MR) is 80.4 cm³/mol. The van der Waals surface area contributed by atoms with E-state index in [9.17, 15) is 4.79 Å². The number of hydrogen-bond donors (Lipinski definition) is 1. The lowest BCUT2D eigenvalue weighted by Crippen LogP contribution is -2.01. The largest absolute Gasteiger partial charge is 0.462 e. The number of carbonyl (C=O) groups is 1. The fraction of sp³-hybridized carbons (Fsp3) is 0.143. The highest BCUT2D eigenvalue weighted by Crippen LogP contribution is 2.31. The first kappa shape index (κ1) is 13.1. The number of nitrogens with one attached hydrogen (secondary N) is 1. The highest BCUT2D eigenvalue weighted by atomic mass is 35.5. The van der Waals surface area contributed by atoms with E-state index in [-0.39, 0.29) is 5.97 Å². The van der Waals surface area contributed by atoms with Gasteiger partial charge >= 0.3 is 5.97 Å². The maximum absolute atomic E-state index is 11.6. The van der Waals surface area contributed by atoms with Crippen molar-refractivity contribution < 1.29 is 9.53 Å². The van der Waals surface area contributed by atoms with Crippen molar-refractivity contribution >= 4 is 39.8 Å². The molecule has 0 fully saturated rings. The maximum atomic E-state index is 11.6. The van der Waals surface area contributed by atoms with Gasteiger partial charge in [0.1, 0.15) is 9.88 Å². The average molecular weight is 307 g/mol. The first-order valence-corrected chi connectivity index (χ1v) is 7.28. The van der Waals surface area contributed by atoms with Crippen LogP contribution in [0.25, 0.3) is 21.5 Å². The Hall–Kier alpha value is -1.85. The number of H-pyrrole nitrogens is 1. The molecule has 0 spiro atoms. The van der Waals surface area contributed by atoms with Crippen molar-refractivity contribution in [1.82, 2.24) is 9.97 Å². The summed E-state index contributed by atoms with van der Waals surface area (Å²) in [6.07, 6.45) is 3.29. The molecule has 0 radical (unpaired) electrons. The van der Waals surface area contributed by atoms with E-state index in [4.69, 9.17) is 16.3 Å². The van der Waals surface area contributed by atoms with Gasteiger partial charge in [-0.1, -0.05) is 11.6 Å². The lowest BCUT2D eigenvalue weighted by molar-refractivity contribution is 0.0532. The van der Waals surface area contributed by atoms with Gasteiger partial charge in [-0.15, -0.1) is 11.3 Å². The van der Waals surface area contributed by atoms with Crippen molar-refractivity contribution in [3.05, 3.63) is 40.5 Å². The molecule has 3 rings (SSSR count). The summed E-state index contributed by atoms with van der Waals surface area (Å²) in [4.78, 5) is 19.5. The summed E-state index contributed by atoms with van der Waals surface area (Å²) in [5.41, 5.74) is 1.90. The Labute approximate surface area is 124 Å². The molecule has 1 aromatic carbocycles. The van der Waals surface area contributed by atoms with Crippen LogP contribution >= 0.6 is 22.9 Å². The number of aromatic nitrogens is 2. The number of nitrogens with zero attached hydrogens (tertiary/aromatic N) is 1. The summed E-state index contributed by atoms with van der Waals surface area (Å²) in [6, 6.07) is 5.85. The second-order valence-corrected chi connectivity index (χ2v) is 5.58. The number of carbonyl (C=O) groups excluding carboxylic acids is 1. The standard InChI is InChI=1S/C14H11ClN2O2S/c1-2-19-14(18)12-7-17-13(20-12)8-3-4-11-9(5-8)10(15)6-16-11/h3-7,16H,2H2,1H3. The van der Waals surface area contributed by atoms with E-state index in [1.54, 1.807) is 19.3 Å². The molecule has 20 heavy (non-hydrogen) atoms. The third kappa shape index (κ3) is 2.30. The van der Waals surface area contributed by atoms with E-state index in [0.717, 1.165) is 21.5 Å². The second-order valence-electron chi connectivity index (χ2n) is 4.15. The summed E-state index contributed by atoms with van der Waals surface area (Å²) >= 11 is 7.42. The van der Waals surface area contributed by atoms with Crippen LogP contribution in [0.2, 0.25) is 5.02 Å². The van der Waals surface area contributed by atoms with E-state index >= 15 is 0 Å². The Balaban J connectivity index is 1.98. The minimum atomic E-state index is -0.336. The predicted octanol–water partition coefficient (Wildman–Crippen LogP) is 4.12. The van der Waals surface area contributed by atoms with Gasteiger partial charge in [0.25, 0.3) is 0 Å². The molecule has 1 N–H and O–H groups in total. The number of hydrogen-bond acceptors (Lipinski definition) is 4. The molecule has 0 aliphatic carbocycles. The van der Waals surface area contributed by atoms with Gasteiger partial charge in [0.15, 0.2) is 0 Å². The number of esters is 1. The van der Waals surface area contributed by atoms with Crippen LogP contribution < -0.4 is 0 Å². The normalized spacial score (nSPS) is 10.9. The number of aromatic amines is 1. The Morgan fingerprint density at radius 2 is 2.35 bits per heavy atom. The molecule has 2 heterocycles. The third-order valence-electron chi connectivity index (χ3n) is 2.86. The van der Waals surface area contributed by atoms with Crippen LogP contribution in [-0.4, -0.2) is 22.5 Å². The Morgan fingerprint density at radius 1 is 1.50 bits per heavy atom. The van der Waals surface area contributed by atoms with Gasteiger partial charge in [-0.3, -0.25) is 0 Å². The highest BCUT2D eigenvalue weighted by Gasteiger charge is 2.13. The first-order chi connectivity index (χ1) is 9.69. The summed E-state index contributed by atoms with van der Waals surface area (Å²) in [7, 11) is 0. The van der Waals surface area contributed by atoms with Gasteiger partial charge in [-0.05, 0) is 25.1 Å². The zero-order chi connectivity index (χ0) is 14.1. The van der Waals surface area contributed by atoms with Crippen LogP contribution in [0.5, 0.6) is 0 Å². The molecule has 0 bridgehead atoms. The van der Waals surface area contributed by atoms with Crippen LogP contribution in [0.3, 0.4) is 0 Å². The molecule has 0 amide bonds. The van der Waals surface area contributed by atoms with Crippen LogP contribution in [0.4, 0.5) is 0 Å². The lowest BCUT2D eigenvalue weighted by Gasteiger charge is -1.98. The van der Waals surface area contributed by atoms with Gasteiger partial charge in [0, 0.05) is 22.7 Å². The van der Waals surface area contributed by atoms with E-state index < -0.39 is 0 Å². The summed E-state index contributed by atoms with van der Waals surface area (Å²) in [5, 5.41) is 2.38. The zero-order valence-electron chi connectivity index (χ0n) is 10.6. The molecule has 6 heteroatoms. The second kappa shape index (κ2) is 5.26. The molecule has 0 unspecified atom stereocenters. The van der Waals surface area contributed by atoms with Crippen molar-refractivity contribution in [1.29, 1.82) is 0 Å². The van der Waals surface area contributed by atoms with Crippen LogP contribution in [-0.2, 0) is 4.74 Å². The van der Waals surface area contributed by atoms with Crippen molar-refractivity contribution in [2.75, 3.05) is 6.61 Å². The minimum absolute atomic E-state index is 0.336. The zero-order valence-corrected chi connectivity index (χ0v) is 12.2. The molecule has 0 aliphatic heterocycles. The topological polar surface area (TPSA) is 55.0 Å². The van der Waals surface area contributed by atoms with Crippen molar-refractivity contribution in [2.24, 2.45) is 0 Å². The third-order valence-corrected chi connectivity index (χ3v) is 4.20. The minimum Gasteiger partial charge on any atom is -0.462 e. The summed E-state index contributed by atoms with van der Waals surface area (Å²) in [5.74, 6) is -0.336.